The second-order valence-corrected chi connectivity index (χ2v) is 8.47. The number of carbonyl (C=O) groups is 1. The van der Waals surface area contributed by atoms with Crippen molar-refractivity contribution in [1.29, 1.82) is 0 Å². The molecular weight excluding hydrogens is 346 g/mol. The summed E-state index contributed by atoms with van der Waals surface area (Å²) >= 11 is 0. The topological polar surface area (TPSA) is 74.6 Å². The van der Waals surface area contributed by atoms with Crippen LogP contribution in [0.4, 0.5) is 4.79 Å². The number of hydrogen-bond donors (Lipinski definition) is 1. The molecular formula is C20H27N3O4. The van der Waals surface area contributed by atoms with Crippen molar-refractivity contribution < 1.29 is 19.4 Å². The van der Waals surface area contributed by atoms with E-state index < -0.39 is 0 Å². The van der Waals surface area contributed by atoms with Gasteiger partial charge in [0.05, 0.1) is 12.1 Å². The molecule has 0 saturated carbocycles. The van der Waals surface area contributed by atoms with Gasteiger partial charge >= 0.3 is 6.03 Å². The van der Waals surface area contributed by atoms with Crippen molar-refractivity contribution in [2.24, 2.45) is 10.5 Å². The molecule has 0 radical (unpaired) electrons. The quantitative estimate of drug-likeness (QED) is 0.821. The Balaban J connectivity index is 1.62. The Morgan fingerprint density at radius 1 is 1.19 bits per heavy atom. The van der Waals surface area contributed by atoms with Crippen LogP contribution in [0.3, 0.4) is 0 Å². The molecule has 27 heavy (non-hydrogen) atoms. The molecule has 7 heteroatoms. The lowest BCUT2D eigenvalue weighted by Crippen LogP contribution is -2.45. The van der Waals surface area contributed by atoms with Gasteiger partial charge in [-0.3, -0.25) is 0 Å². The van der Waals surface area contributed by atoms with Crippen LogP contribution >= 0.6 is 0 Å². The normalized spacial score (nSPS) is 23.0. The average Bonchev–Trinajstić information content (AvgIpc) is 3.27. The highest BCUT2D eigenvalue weighted by atomic mass is 16.7. The Kier molecular flexibility index (Phi) is 4.50. The Morgan fingerprint density at radius 3 is 2.59 bits per heavy atom. The van der Waals surface area contributed by atoms with Crippen molar-refractivity contribution in [3.05, 3.63) is 23.8 Å². The van der Waals surface area contributed by atoms with Crippen LogP contribution in [-0.4, -0.2) is 52.7 Å². The Labute approximate surface area is 159 Å². The maximum absolute atomic E-state index is 13.2. The second-order valence-electron chi connectivity index (χ2n) is 8.47. The number of fused-ring (bicyclic) bond motifs is 1. The van der Waals surface area contributed by atoms with E-state index in [4.69, 9.17) is 14.6 Å². The van der Waals surface area contributed by atoms with Crippen LogP contribution in [0.1, 0.15) is 51.6 Å². The number of aliphatic hydroxyl groups excluding tert-OH is 1. The number of nitrogens with zero attached hydrogens (tertiary/aromatic N) is 3. The third kappa shape index (κ3) is 3.48. The van der Waals surface area contributed by atoms with Crippen molar-refractivity contribution in [2.75, 3.05) is 19.9 Å². The average molecular weight is 373 g/mol. The van der Waals surface area contributed by atoms with Gasteiger partial charge in [-0.1, -0.05) is 26.8 Å². The molecule has 1 aromatic rings. The van der Waals surface area contributed by atoms with E-state index in [9.17, 15) is 9.90 Å². The third-order valence-electron chi connectivity index (χ3n) is 5.49. The second kappa shape index (κ2) is 6.71. The molecule has 0 spiro atoms. The van der Waals surface area contributed by atoms with Gasteiger partial charge in [-0.15, -0.1) is 0 Å². The summed E-state index contributed by atoms with van der Waals surface area (Å²) < 4.78 is 10.9. The highest BCUT2D eigenvalue weighted by Crippen LogP contribution is 2.41. The van der Waals surface area contributed by atoms with Crippen molar-refractivity contribution in [1.82, 2.24) is 9.91 Å². The SMILES string of the molecule is CC(C)(C)C1=NN(C(=O)N2CCC(O)CC2)C(c2ccc3c(c2)OCO3)C1. The van der Waals surface area contributed by atoms with E-state index in [2.05, 4.69) is 20.8 Å². The molecule has 2 amide bonds. The predicted octanol–water partition coefficient (Wildman–Crippen LogP) is 3.14. The molecule has 1 aromatic carbocycles. The van der Waals surface area contributed by atoms with Gasteiger partial charge in [-0.2, -0.15) is 5.10 Å². The van der Waals surface area contributed by atoms with Gasteiger partial charge in [0.2, 0.25) is 6.79 Å². The largest absolute Gasteiger partial charge is 0.454 e. The van der Waals surface area contributed by atoms with Crippen molar-refractivity contribution >= 4 is 11.7 Å². The third-order valence-corrected chi connectivity index (χ3v) is 5.49. The summed E-state index contributed by atoms with van der Waals surface area (Å²) in [6, 6.07) is 5.58. The van der Waals surface area contributed by atoms with Crippen molar-refractivity contribution in [3.63, 3.8) is 0 Å². The van der Waals surface area contributed by atoms with E-state index in [1.54, 1.807) is 9.91 Å². The number of amides is 2. The number of hydrogen-bond acceptors (Lipinski definition) is 5. The zero-order chi connectivity index (χ0) is 19.2. The molecule has 3 aliphatic rings. The van der Waals surface area contributed by atoms with Crippen molar-refractivity contribution in [3.8, 4) is 11.5 Å². The predicted molar refractivity (Wildman–Crippen MR) is 101 cm³/mol. The van der Waals surface area contributed by atoms with Crippen LogP contribution in [0, 0.1) is 5.41 Å². The summed E-state index contributed by atoms with van der Waals surface area (Å²) in [4.78, 5) is 15.0. The maximum atomic E-state index is 13.2. The van der Waals surface area contributed by atoms with Gasteiger partial charge in [0.25, 0.3) is 0 Å². The van der Waals surface area contributed by atoms with Gasteiger partial charge in [0, 0.05) is 30.6 Å². The first-order valence-electron chi connectivity index (χ1n) is 9.56. The van der Waals surface area contributed by atoms with Gasteiger partial charge in [0.15, 0.2) is 11.5 Å². The molecule has 1 unspecified atom stereocenters. The number of ether oxygens (including phenoxy) is 2. The van der Waals surface area contributed by atoms with Crippen LogP contribution in [0.15, 0.2) is 23.3 Å². The molecule has 1 N–H and O–H groups in total. The Bertz CT molecular complexity index is 763. The van der Waals surface area contributed by atoms with Gasteiger partial charge < -0.3 is 19.5 Å². The molecule has 3 heterocycles. The number of hydrazone groups is 1. The van der Waals surface area contributed by atoms with Crippen molar-refractivity contribution in [2.45, 2.75) is 52.2 Å². The van der Waals surface area contributed by atoms with Crippen LogP contribution in [0.5, 0.6) is 11.5 Å². The number of benzene rings is 1. The molecule has 3 aliphatic heterocycles. The summed E-state index contributed by atoms with van der Waals surface area (Å²) in [5.41, 5.74) is 1.89. The summed E-state index contributed by atoms with van der Waals surface area (Å²) in [6.45, 7) is 7.71. The molecule has 7 nitrogen and oxygen atoms in total. The van der Waals surface area contributed by atoms with Crippen LogP contribution < -0.4 is 9.47 Å². The first-order valence-corrected chi connectivity index (χ1v) is 9.56. The smallest absolute Gasteiger partial charge is 0.341 e. The van der Waals surface area contributed by atoms with E-state index in [1.165, 1.54) is 0 Å². The minimum Gasteiger partial charge on any atom is -0.454 e. The lowest BCUT2D eigenvalue weighted by molar-refractivity contribution is 0.0777. The Hall–Kier alpha value is -2.28. The van der Waals surface area contributed by atoms with Gasteiger partial charge in [-0.25, -0.2) is 9.80 Å². The standard InChI is InChI=1S/C20H27N3O4/c1-20(2,3)18-11-15(13-4-5-16-17(10-13)27-12-26-16)23(21-18)19(25)22-8-6-14(24)7-9-22/h4-5,10,14-15,24H,6-9,11-12H2,1-3H3. The lowest BCUT2D eigenvalue weighted by atomic mass is 9.86. The molecule has 0 aliphatic carbocycles. The highest BCUT2D eigenvalue weighted by molar-refractivity contribution is 5.93. The molecule has 0 bridgehead atoms. The van der Waals surface area contributed by atoms with Gasteiger partial charge in [0.1, 0.15) is 0 Å². The van der Waals surface area contributed by atoms with E-state index in [1.807, 2.05) is 18.2 Å². The van der Waals surface area contributed by atoms with Crippen LogP contribution in [0.25, 0.3) is 0 Å². The summed E-state index contributed by atoms with van der Waals surface area (Å²) in [5, 5.41) is 16.1. The first-order chi connectivity index (χ1) is 12.8. The first kappa shape index (κ1) is 18.1. The van der Waals surface area contributed by atoms with E-state index >= 15 is 0 Å². The van der Waals surface area contributed by atoms with E-state index in [-0.39, 0.29) is 30.4 Å². The van der Waals surface area contributed by atoms with Crippen LogP contribution in [0.2, 0.25) is 0 Å². The number of urea groups is 1. The summed E-state index contributed by atoms with van der Waals surface area (Å²) in [5.74, 6) is 1.45. The van der Waals surface area contributed by atoms with Crippen LogP contribution in [-0.2, 0) is 0 Å². The number of rotatable bonds is 1. The van der Waals surface area contributed by atoms with Gasteiger partial charge in [-0.05, 0) is 30.5 Å². The molecule has 1 fully saturated rings. The van der Waals surface area contributed by atoms with E-state index in [0.717, 1.165) is 17.0 Å². The Morgan fingerprint density at radius 2 is 1.89 bits per heavy atom. The zero-order valence-electron chi connectivity index (χ0n) is 16.1. The lowest BCUT2D eigenvalue weighted by Gasteiger charge is -2.33. The summed E-state index contributed by atoms with van der Waals surface area (Å²) in [6.07, 6.45) is 1.62. The fourth-order valence-corrected chi connectivity index (χ4v) is 3.72. The molecule has 1 saturated heterocycles. The summed E-state index contributed by atoms with van der Waals surface area (Å²) in [7, 11) is 0. The molecule has 4 rings (SSSR count). The molecule has 146 valence electrons. The number of piperidine rings is 1. The fraction of sp³-hybridized carbons (Fsp3) is 0.600. The fourth-order valence-electron chi connectivity index (χ4n) is 3.72. The number of carbonyl (C=O) groups excluding carboxylic acids is 1. The monoisotopic (exact) mass is 373 g/mol. The molecule has 1 atom stereocenters. The van der Waals surface area contributed by atoms with E-state index in [0.29, 0.717) is 38.1 Å². The number of likely N-dealkylation sites (tertiary alicyclic amines) is 1. The maximum Gasteiger partial charge on any atom is 0.341 e. The zero-order valence-corrected chi connectivity index (χ0v) is 16.1. The highest BCUT2D eigenvalue weighted by Gasteiger charge is 2.39. The number of aliphatic hydroxyl groups is 1. The minimum atomic E-state index is -0.314. The molecule has 0 aromatic heterocycles. The minimum absolute atomic E-state index is 0.0937.